The molecule has 0 aromatic rings. The number of rotatable bonds is 1. The first-order valence-electron chi connectivity index (χ1n) is 4.87. The van der Waals surface area contributed by atoms with E-state index in [4.69, 9.17) is 9.47 Å². The van der Waals surface area contributed by atoms with Crippen molar-refractivity contribution in [2.24, 2.45) is 5.92 Å². The van der Waals surface area contributed by atoms with Crippen molar-refractivity contribution in [3.8, 4) is 0 Å². The van der Waals surface area contributed by atoms with Crippen molar-refractivity contribution in [2.75, 3.05) is 32.9 Å². The summed E-state index contributed by atoms with van der Waals surface area (Å²) in [6.45, 7) is 4.71. The van der Waals surface area contributed by atoms with E-state index >= 15 is 0 Å². The highest BCUT2D eigenvalue weighted by Crippen LogP contribution is 2.20. The number of nitrogens with one attached hydrogen (secondary N) is 1. The van der Waals surface area contributed by atoms with E-state index in [1.807, 2.05) is 0 Å². The molecule has 12 heavy (non-hydrogen) atoms. The zero-order chi connectivity index (χ0) is 8.23. The molecular weight excluding hydrogens is 154 g/mol. The molecule has 1 N–H and O–H groups in total. The molecule has 0 bridgehead atoms. The number of ether oxygens (including phenoxy) is 2. The summed E-state index contributed by atoms with van der Waals surface area (Å²) in [7, 11) is 0. The molecule has 2 unspecified atom stereocenters. The van der Waals surface area contributed by atoms with Crippen LogP contribution in [0.3, 0.4) is 0 Å². The van der Waals surface area contributed by atoms with E-state index in [0.29, 0.717) is 12.0 Å². The molecule has 2 aliphatic rings. The third-order valence-electron chi connectivity index (χ3n) is 2.68. The van der Waals surface area contributed by atoms with Crippen molar-refractivity contribution in [2.45, 2.75) is 18.9 Å². The van der Waals surface area contributed by atoms with Gasteiger partial charge in [-0.05, 0) is 12.8 Å². The first-order valence-corrected chi connectivity index (χ1v) is 4.87. The van der Waals surface area contributed by atoms with E-state index < -0.39 is 0 Å². The lowest BCUT2D eigenvalue weighted by molar-refractivity contribution is -0.0586. The summed E-state index contributed by atoms with van der Waals surface area (Å²) in [5.74, 6) is 0.631. The molecule has 3 heteroatoms. The Kier molecular flexibility index (Phi) is 2.98. The van der Waals surface area contributed by atoms with Crippen LogP contribution in [-0.2, 0) is 9.47 Å². The van der Waals surface area contributed by atoms with Gasteiger partial charge >= 0.3 is 0 Å². The third-order valence-corrected chi connectivity index (χ3v) is 2.68. The minimum Gasteiger partial charge on any atom is -0.381 e. The van der Waals surface area contributed by atoms with Crippen LogP contribution >= 0.6 is 0 Å². The summed E-state index contributed by atoms with van der Waals surface area (Å²) in [6.07, 6.45) is 2.87. The summed E-state index contributed by atoms with van der Waals surface area (Å²) in [5.41, 5.74) is 0. The summed E-state index contributed by atoms with van der Waals surface area (Å²) in [4.78, 5) is 0. The molecule has 0 spiro atoms. The van der Waals surface area contributed by atoms with Crippen molar-refractivity contribution in [3.63, 3.8) is 0 Å². The van der Waals surface area contributed by atoms with Gasteiger partial charge in [0.2, 0.25) is 0 Å². The molecular formula is C9H17NO2. The van der Waals surface area contributed by atoms with E-state index in [1.165, 1.54) is 12.8 Å². The Labute approximate surface area is 73.4 Å². The summed E-state index contributed by atoms with van der Waals surface area (Å²) >= 11 is 0. The lowest BCUT2D eigenvalue weighted by Crippen LogP contribution is -2.44. The Balaban J connectivity index is 1.80. The minimum absolute atomic E-state index is 0.402. The highest BCUT2D eigenvalue weighted by atomic mass is 16.5. The van der Waals surface area contributed by atoms with Crippen molar-refractivity contribution in [3.05, 3.63) is 0 Å². The molecule has 0 saturated carbocycles. The van der Waals surface area contributed by atoms with Crippen LogP contribution in [0.25, 0.3) is 0 Å². The second kappa shape index (κ2) is 4.21. The van der Waals surface area contributed by atoms with Gasteiger partial charge < -0.3 is 14.8 Å². The highest BCUT2D eigenvalue weighted by Gasteiger charge is 2.26. The maximum atomic E-state index is 5.67. The van der Waals surface area contributed by atoms with E-state index in [0.717, 1.165) is 32.9 Å². The fourth-order valence-corrected chi connectivity index (χ4v) is 1.95. The van der Waals surface area contributed by atoms with Crippen LogP contribution < -0.4 is 5.32 Å². The van der Waals surface area contributed by atoms with Gasteiger partial charge in [-0.25, -0.2) is 0 Å². The predicted octanol–water partition coefficient (Wildman–Crippen LogP) is 0.401. The van der Waals surface area contributed by atoms with Crippen LogP contribution in [-0.4, -0.2) is 39.0 Å². The van der Waals surface area contributed by atoms with E-state index in [9.17, 15) is 0 Å². The number of hydrogen-bond donors (Lipinski definition) is 1. The maximum absolute atomic E-state index is 5.67. The first kappa shape index (κ1) is 8.48. The molecule has 2 rings (SSSR count). The zero-order valence-corrected chi connectivity index (χ0v) is 7.42. The van der Waals surface area contributed by atoms with E-state index in [2.05, 4.69) is 5.32 Å². The van der Waals surface area contributed by atoms with Gasteiger partial charge in [0.1, 0.15) is 0 Å². The van der Waals surface area contributed by atoms with Gasteiger partial charge in [-0.3, -0.25) is 0 Å². The van der Waals surface area contributed by atoms with Gasteiger partial charge in [-0.1, -0.05) is 0 Å². The third kappa shape index (κ3) is 1.97. The molecule has 2 aliphatic heterocycles. The van der Waals surface area contributed by atoms with E-state index in [1.54, 1.807) is 0 Å². The molecule has 0 aromatic carbocycles. The molecule has 2 saturated heterocycles. The number of hydrogen-bond acceptors (Lipinski definition) is 3. The van der Waals surface area contributed by atoms with Crippen molar-refractivity contribution < 1.29 is 9.47 Å². The topological polar surface area (TPSA) is 30.5 Å². The van der Waals surface area contributed by atoms with Gasteiger partial charge in [0.25, 0.3) is 0 Å². The van der Waals surface area contributed by atoms with Crippen molar-refractivity contribution in [1.29, 1.82) is 0 Å². The van der Waals surface area contributed by atoms with Crippen LogP contribution in [0.2, 0.25) is 0 Å². The Hall–Kier alpha value is -0.120. The Morgan fingerprint density at radius 3 is 2.92 bits per heavy atom. The minimum atomic E-state index is 0.402. The Morgan fingerprint density at radius 1 is 1.25 bits per heavy atom. The standard InChI is InChI=1S/C9H17NO2/c1-2-8(7-11-4-1)9-6-10-3-5-12-9/h8-10H,1-7H2. The average molecular weight is 171 g/mol. The SMILES string of the molecule is C1COCC(C2CNCCO2)C1. The summed E-state index contributed by atoms with van der Waals surface area (Å²) in [6, 6.07) is 0. The molecule has 3 nitrogen and oxygen atoms in total. The van der Waals surface area contributed by atoms with E-state index in [-0.39, 0.29) is 0 Å². The summed E-state index contributed by atoms with van der Waals surface area (Å²) in [5, 5.41) is 3.35. The predicted molar refractivity (Wildman–Crippen MR) is 46.2 cm³/mol. The number of morpholine rings is 1. The second-order valence-corrected chi connectivity index (χ2v) is 3.59. The molecule has 0 amide bonds. The van der Waals surface area contributed by atoms with Crippen molar-refractivity contribution >= 4 is 0 Å². The van der Waals surface area contributed by atoms with Gasteiger partial charge in [0.05, 0.1) is 19.3 Å². The van der Waals surface area contributed by atoms with Crippen LogP contribution in [0.5, 0.6) is 0 Å². The van der Waals surface area contributed by atoms with Gasteiger partial charge in [0.15, 0.2) is 0 Å². The second-order valence-electron chi connectivity index (χ2n) is 3.59. The molecule has 2 heterocycles. The van der Waals surface area contributed by atoms with Gasteiger partial charge in [-0.15, -0.1) is 0 Å². The molecule has 2 fully saturated rings. The summed E-state index contributed by atoms with van der Waals surface area (Å²) < 4.78 is 11.1. The Bertz CT molecular complexity index is 112. The largest absolute Gasteiger partial charge is 0.381 e. The van der Waals surface area contributed by atoms with Crippen LogP contribution in [0.4, 0.5) is 0 Å². The van der Waals surface area contributed by atoms with Crippen LogP contribution in [0, 0.1) is 5.92 Å². The average Bonchev–Trinajstić information content (AvgIpc) is 2.21. The van der Waals surface area contributed by atoms with Crippen molar-refractivity contribution in [1.82, 2.24) is 5.32 Å². The molecule has 0 radical (unpaired) electrons. The molecule has 2 atom stereocenters. The fourth-order valence-electron chi connectivity index (χ4n) is 1.95. The lowest BCUT2D eigenvalue weighted by Gasteiger charge is -2.33. The quantitative estimate of drug-likeness (QED) is 0.619. The first-order chi connectivity index (χ1) is 5.97. The van der Waals surface area contributed by atoms with Crippen LogP contribution in [0.15, 0.2) is 0 Å². The normalized spacial score (nSPS) is 38.0. The maximum Gasteiger partial charge on any atom is 0.0750 e. The molecule has 0 aromatic heterocycles. The molecule has 0 aliphatic carbocycles. The smallest absolute Gasteiger partial charge is 0.0750 e. The molecule has 70 valence electrons. The Morgan fingerprint density at radius 2 is 2.25 bits per heavy atom. The monoisotopic (exact) mass is 171 g/mol. The van der Waals surface area contributed by atoms with Crippen LogP contribution in [0.1, 0.15) is 12.8 Å². The fraction of sp³-hybridized carbons (Fsp3) is 1.00. The highest BCUT2D eigenvalue weighted by molar-refractivity contribution is 4.77. The van der Waals surface area contributed by atoms with Gasteiger partial charge in [0, 0.05) is 25.6 Å². The lowest BCUT2D eigenvalue weighted by atomic mass is 9.95. The van der Waals surface area contributed by atoms with Gasteiger partial charge in [-0.2, -0.15) is 0 Å². The zero-order valence-electron chi connectivity index (χ0n) is 7.42.